The van der Waals surface area contributed by atoms with Crippen LogP contribution in [0.4, 0.5) is 0 Å². The molecule has 0 radical (unpaired) electrons. The lowest BCUT2D eigenvalue weighted by Crippen LogP contribution is -2.43. The summed E-state index contributed by atoms with van der Waals surface area (Å²) in [5.74, 6) is 0. The molecule has 0 amide bonds. The highest BCUT2D eigenvalue weighted by atomic mass is 35.5. The van der Waals surface area contributed by atoms with E-state index < -0.39 is 0 Å². The van der Waals surface area contributed by atoms with Crippen LogP contribution in [0.25, 0.3) is 0 Å². The summed E-state index contributed by atoms with van der Waals surface area (Å²) in [4.78, 5) is 2.26. The smallest absolute Gasteiger partial charge is 0.0499 e. The molecule has 0 spiro atoms. The Hall–Kier alpha value is -0.570. The van der Waals surface area contributed by atoms with Crippen molar-refractivity contribution in [1.29, 1.82) is 0 Å². The third-order valence-electron chi connectivity index (χ3n) is 3.75. The van der Waals surface area contributed by atoms with Gasteiger partial charge in [-0.3, -0.25) is 0 Å². The highest BCUT2D eigenvalue weighted by Crippen LogP contribution is 2.41. The van der Waals surface area contributed by atoms with Gasteiger partial charge in [-0.05, 0) is 31.5 Å². The molecule has 0 heterocycles. The van der Waals surface area contributed by atoms with Gasteiger partial charge < -0.3 is 10.0 Å². The van der Waals surface area contributed by atoms with Crippen molar-refractivity contribution in [2.75, 3.05) is 20.2 Å². The van der Waals surface area contributed by atoms with Crippen molar-refractivity contribution in [2.24, 2.45) is 5.41 Å². The minimum atomic E-state index is 0.149. The molecule has 1 aromatic rings. The molecule has 2 nitrogen and oxygen atoms in total. The SMILES string of the molecule is CN(Cc1ccccc1Cl)CC1(CO)CCC1. The first kappa shape index (κ1) is 12.9. The van der Waals surface area contributed by atoms with E-state index in [9.17, 15) is 5.11 Å². The molecule has 1 N–H and O–H groups in total. The average Bonchev–Trinajstić information content (AvgIpc) is 2.27. The van der Waals surface area contributed by atoms with Crippen molar-refractivity contribution in [2.45, 2.75) is 25.8 Å². The first-order valence-corrected chi connectivity index (χ1v) is 6.56. The molecule has 1 saturated carbocycles. The van der Waals surface area contributed by atoms with Gasteiger partial charge in [-0.2, -0.15) is 0 Å². The van der Waals surface area contributed by atoms with E-state index in [4.69, 9.17) is 11.6 Å². The first-order valence-electron chi connectivity index (χ1n) is 6.18. The van der Waals surface area contributed by atoms with Crippen molar-refractivity contribution in [3.63, 3.8) is 0 Å². The van der Waals surface area contributed by atoms with Crippen LogP contribution in [-0.2, 0) is 6.54 Å². The zero-order valence-corrected chi connectivity index (χ0v) is 11.1. The quantitative estimate of drug-likeness (QED) is 0.872. The topological polar surface area (TPSA) is 23.5 Å². The lowest BCUT2D eigenvalue weighted by atomic mass is 9.69. The van der Waals surface area contributed by atoms with Gasteiger partial charge in [-0.15, -0.1) is 0 Å². The van der Waals surface area contributed by atoms with Crippen LogP contribution in [0.3, 0.4) is 0 Å². The molecule has 0 bridgehead atoms. The molecule has 0 aliphatic heterocycles. The number of benzene rings is 1. The fraction of sp³-hybridized carbons (Fsp3) is 0.571. The highest BCUT2D eigenvalue weighted by Gasteiger charge is 2.37. The average molecular weight is 254 g/mol. The van der Waals surface area contributed by atoms with Crippen LogP contribution in [0, 0.1) is 5.41 Å². The van der Waals surface area contributed by atoms with Gasteiger partial charge in [-0.1, -0.05) is 36.2 Å². The number of aliphatic hydroxyl groups is 1. The van der Waals surface area contributed by atoms with E-state index >= 15 is 0 Å². The van der Waals surface area contributed by atoms with Crippen LogP contribution in [0.15, 0.2) is 24.3 Å². The molecule has 1 aliphatic rings. The second-order valence-corrected chi connectivity index (χ2v) is 5.68. The summed E-state index contributed by atoms with van der Waals surface area (Å²) in [7, 11) is 2.10. The van der Waals surface area contributed by atoms with E-state index in [0.29, 0.717) is 6.61 Å². The monoisotopic (exact) mass is 253 g/mol. The Labute approximate surface area is 108 Å². The van der Waals surface area contributed by atoms with E-state index in [1.54, 1.807) is 0 Å². The Balaban J connectivity index is 1.93. The number of hydrogen-bond donors (Lipinski definition) is 1. The summed E-state index contributed by atoms with van der Waals surface area (Å²) >= 11 is 6.15. The summed E-state index contributed by atoms with van der Waals surface area (Å²) in [5.41, 5.74) is 1.31. The number of hydrogen-bond acceptors (Lipinski definition) is 2. The maximum atomic E-state index is 9.45. The van der Waals surface area contributed by atoms with Crippen molar-refractivity contribution >= 4 is 11.6 Å². The van der Waals surface area contributed by atoms with Gasteiger partial charge in [-0.25, -0.2) is 0 Å². The van der Waals surface area contributed by atoms with Crippen LogP contribution in [0.2, 0.25) is 5.02 Å². The van der Waals surface area contributed by atoms with E-state index in [0.717, 1.165) is 36.5 Å². The molecule has 0 saturated heterocycles. The predicted molar refractivity (Wildman–Crippen MR) is 71.2 cm³/mol. The van der Waals surface area contributed by atoms with E-state index in [1.165, 1.54) is 6.42 Å². The van der Waals surface area contributed by atoms with Crippen molar-refractivity contribution < 1.29 is 5.11 Å². The summed E-state index contributed by atoms with van der Waals surface area (Å²) in [6.45, 7) is 2.11. The second kappa shape index (κ2) is 5.38. The van der Waals surface area contributed by atoms with E-state index in [2.05, 4.69) is 18.0 Å². The molecule has 1 aliphatic carbocycles. The van der Waals surface area contributed by atoms with Crippen LogP contribution in [0.1, 0.15) is 24.8 Å². The highest BCUT2D eigenvalue weighted by molar-refractivity contribution is 6.31. The minimum absolute atomic E-state index is 0.149. The first-order chi connectivity index (χ1) is 8.15. The van der Waals surface area contributed by atoms with E-state index in [-0.39, 0.29) is 5.41 Å². The fourth-order valence-electron chi connectivity index (χ4n) is 2.59. The largest absolute Gasteiger partial charge is 0.396 e. The molecular weight excluding hydrogens is 234 g/mol. The molecule has 1 aromatic carbocycles. The van der Waals surface area contributed by atoms with Crippen LogP contribution >= 0.6 is 11.6 Å². The number of aliphatic hydroxyl groups excluding tert-OH is 1. The zero-order chi connectivity index (χ0) is 12.3. The molecule has 3 heteroatoms. The number of nitrogens with zero attached hydrogens (tertiary/aromatic N) is 1. The maximum absolute atomic E-state index is 9.45. The fourth-order valence-corrected chi connectivity index (χ4v) is 2.78. The van der Waals surface area contributed by atoms with Gasteiger partial charge in [0.1, 0.15) is 0 Å². The Morgan fingerprint density at radius 1 is 1.35 bits per heavy atom. The standard InChI is InChI=1S/C14H20ClNO/c1-16(10-14(11-17)7-4-8-14)9-12-5-2-3-6-13(12)15/h2-3,5-6,17H,4,7-11H2,1H3. The maximum Gasteiger partial charge on any atom is 0.0499 e. The van der Waals surface area contributed by atoms with Gasteiger partial charge >= 0.3 is 0 Å². The Morgan fingerprint density at radius 3 is 2.59 bits per heavy atom. The lowest BCUT2D eigenvalue weighted by Gasteiger charge is -2.43. The third-order valence-corrected chi connectivity index (χ3v) is 4.12. The second-order valence-electron chi connectivity index (χ2n) is 5.28. The van der Waals surface area contributed by atoms with Gasteiger partial charge in [0.15, 0.2) is 0 Å². The molecule has 1 fully saturated rings. The van der Waals surface area contributed by atoms with Crippen molar-refractivity contribution in [3.05, 3.63) is 34.9 Å². The summed E-state index contributed by atoms with van der Waals surface area (Å²) in [6.07, 6.45) is 3.55. The molecule has 0 atom stereocenters. The van der Waals surface area contributed by atoms with Gasteiger partial charge in [0.25, 0.3) is 0 Å². The van der Waals surface area contributed by atoms with Crippen molar-refractivity contribution in [3.8, 4) is 0 Å². The Bertz CT molecular complexity index is 371. The predicted octanol–water partition coefficient (Wildman–Crippen LogP) is 2.93. The van der Waals surface area contributed by atoms with E-state index in [1.807, 2.05) is 18.2 Å². The van der Waals surface area contributed by atoms with Crippen molar-refractivity contribution in [1.82, 2.24) is 4.90 Å². The van der Waals surface area contributed by atoms with Gasteiger partial charge in [0.05, 0.1) is 0 Å². The Morgan fingerprint density at radius 2 is 2.06 bits per heavy atom. The number of halogens is 1. The summed E-state index contributed by atoms with van der Waals surface area (Å²) < 4.78 is 0. The Kier molecular flexibility index (Phi) is 4.08. The molecule has 0 aromatic heterocycles. The molecule has 0 unspecified atom stereocenters. The van der Waals surface area contributed by atoms with Gasteiger partial charge in [0, 0.05) is 30.1 Å². The van der Waals surface area contributed by atoms with Crippen LogP contribution in [-0.4, -0.2) is 30.2 Å². The van der Waals surface area contributed by atoms with Crippen LogP contribution < -0.4 is 0 Å². The van der Waals surface area contributed by atoms with Crippen LogP contribution in [0.5, 0.6) is 0 Å². The third kappa shape index (κ3) is 3.01. The zero-order valence-electron chi connectivity index (χ0n) is 10.3. The number of rotatable bonds is 5. The lowest BCUT2D eigenvalue weighted by molar-refractivity contribution is 0.0127. The minimum Gasteiger partial charge on any atom is -0.396 e. The molecular formula is C14H20ClNO. The normalized spacial score (nSPS) is 18.1. The summed E-state index contributed by atoms with van der Waals surface area (Å²) in [5, 5.41) is 10.3. The van der Waals surface area contributed by atoms with Gasteiger partial charge in [0.2, 0.25) is 0 Å². The summed E-state index contributed by atoms with van der Waals surface area (Å²) in [6, 6.07) is 7.95. The molecule has 17 heavy (non-hydrogen) atoms. The molecule has 94 valence electrons. The molecule has 2 rings (SSSR count).